The lowest BCUT2D eigenvalue weighted by Gasteiger charge is -2.30. The number of carboxylic acid groups (broad SMARTS) is 1. The molecule has 2 rings (SSSR count). The minimum atomic E-state index is -0.662. The Balaban J connectivity index is 2.02. The predicted molar refractivity (Wildman–Crippen MR) is 74.5 cm³/mol. The predicted octanol–water partition coefficient (Wildman–Crippen LogP) is 3.05. The van der Waals surface area contributed by atoms with Crippen LogP contribution in [-0.4, -0.2) is 29.1 Å². The van der Waals surface area contributed by atoms with Crippen molar-refractivity contribution in [2.24, 2.45) is 5.92 Å². The fourth-order valence-corrected chi connectivity index (χ4v) is 3.22. The molecule has 0 aliphatic carbocycles. The molecule has 98 valence electrons. The summed E-state index contributed by atoms with van der Waals surface area (Å²) in [5, 5.41) is 9.08. The molecular formula is C14H18BrNO2. The van der Waals surface area contributed by atoms with Crippen molar-refractivity contribution in [3.8, 4) is 0 Å². The Labute approximate surface area is 116 Å². The molecule has 0 bridgehead atoms. The highest BCUT2D eigenvalue weighted by atomic mass is 79.9. The van der Waals surface area contributed by atoms with Crippen LogP contribution in [0.5, 0.6) is 0 Å². The Morgan fingerprint density at radius 3 is 2.94 bits per heavy atom. The molecule has 0 spiro atoms. The van der Waals surface area contributed by atoms with E-state index in [4.69, 9.17) is 5.11 Å². The number of hydrogen-bond acceptors (Lipinski definition) is 2. The molecule has 1 unspecified atom stereocenters. The van der Waals surface area contributed by atoms with Gasteiger partial charge in [0.05, 0.1) is 5.92 Å². The third-order valence-electron chi connectivity index (χ3n) is 3.36. The van der Waals surface area contributed by atoms with Crippen LogP contribution in [0.15, 0.2) is 22.7 Å². The zero-order valence-corrected chi connectivity index (χ0v) is 12.1. The second kappa shape index (κ2) is 5.85. The van der Waals surface area contributed by atoms with Gasteiger partial charge in [-0.2, -0.15) is 0 Å². The van der Waals surface area contributed by atoms with Crippen LogP contribution in [-0.2, 0) is 11.3 Å². The Morgan fingerprint density at radius 1 is 1.50 bits per heavy atom. The van der Waals surface area contributed by atoms with Crippen molar-refractivity contribution >= 4 is 21.9 Å². The molecule has 1 aromatic rings. The van der Waals surface area contributed by atoms with Gasteiger partial charge in [-0.15, -0.1) is 0 Å². The van der Waals surface area contributed by atoms with E-state index in [-0.39, 0.29) is 5.92 Å². The van der Waals surface area contributed by atoms with Gasteiger partial charge in [0.25, 0.3) is 0 Å². The van der Waals surface area contributed by atoms with Crippen LogP contribution in [0.1, 0.15) is 24.0 Å². The zero-order valence-electron chi connectivity index (χ0n) is 10.5. The number of aliphatic carboxylic acids is 1. The molecule has 1 aromatic carbocycles. The molecule has 1 aliphatic heterocycles. The summed E-state index contributed by atoms with van der Waals surface area (Å²) in [6.07, 6.45) is 1.79. The molecule has 1 aliphatic rings. The number of benzene rings is 1. The maximum Gasteiger partial charge on any atom is 0.307 e. The lowest BCUT2D eigenvalue weighted by atomic mass is 9.98. The van der Waals surface area contributed by atoms with Gasteiger partial charge in [-0.3, -0.25) is 9.69 Å². The molecule has 3 nitrogen and oxygen atoms in total. The van der Waals surface area contributed by atoms with E-state index in [0.717, 1.165) is 30.4 Å². The van der Waals surface area contributed by atoms with Crippen LogP contribution in [0.2, 0.25) is 0 Å². The number of aryl methyl sites for hydroxylation is 1. The average molecular weight is 312 g/mol. The number of nitrogens with zero attached hydrogens (tertiary/aromatic N) is 1. The van der Waals surface area contributed by atoms with E-state index in [1.807, 2.05) is 0 Å². The standard InChI is InChI=1S/C14H18BrNO2/c1-10-5-11(7-13(15)6-10)8-16-4-2-3-12(9-16)14(17)18/h5-7,12H,2-4,8-9H2,1H3,(H,17,18). The molecule has 1 fully saturated rings. The van der Waals surface area contributed by atoms with Gasteiger partial charge < -0.3 is 5.11 Å². The first kappa shape index (κ1) is 13.6. The maximum absolute atomic E-state index is 11.0. The van der Waals surface area contributed by atoms with Gasteiger partial charge in [0.15, 0.2) is 0 Å². The van der Waals surface area contributed by atoms with Gasteiger partial charge in [0.1, 0.15) is 0 Å². The van der Waals surface area contributed by atoms with Crippen LogP contribution in [0.4, 0.5) is 0 Å². The summed E-state index contributed by atoms with van der Waals surface area (Å²) in [5.41, 5.74) is 2.47. The highest BCUT2D eigenvalue weighted by Gasteiger charge is 2.25. The second-order valence-corrected chi connectivity index (χ2v) is 5.97. The summed E-state index contributed by atoms with van der Waals surface area (Å²) < 4.78 is 1.09. The Bertz CT molecular complexity index is 427. The van der Waals surface area contributed by atoms with Crippen molar-refractivity contribution in [1.29, 1.82) is 0 Å². The smallest absolute Gasteiger partial charge is 0.307 e. The summed E-state index contributed by atoms with van der Waals surface area (Å²) in [6, 6.07) is 6.35. The molecule has 0 amide bonds. The Hall–Kier alpha value is -0.870. The van der Waals surface area contributed by atoms with Crippen LogP contribution < -0.4 is 0 Å². The summed E-state index contributed by atoms with van der Waals surface area (Å²) in [6.45, 7) is 4.57. The van der Waals surface area contributed by atoms with Crippen molar-refractivity contribution in [2.75, 3.05) is 13.1 Å². The Morgan fingerprint density at radius 2 is 2.28 bits per heavy atom. The van der Waals surface area contributed by atoms with Gasteiger partial charge in [-0.25, -0.2) is 0 Å². The van der Waals surface area contributed by atoms with E-state index < -0.39 is 5.97 Å². The first-order valence-corrected chi connectivity index (χ1v) is 7.05. The molecule has 1 atom stereocenters. The van der Waals surface area contributed by atoms with Crippen LogP contribution >= 0.6 is 15.9 Å². The van der Waals surface area contributed by atoms with Crippen molar-refractivity contribution in [1.82, 2.24) is 4.90 Å². The third-order valence-corrected chi connectivity index (χ3v) is 3.82. The largest absolute Gasteiger partial charge is 0.481 e. The van der Waals surface area contributed by atoms with Crippen molar-refractivity contribution in [3.05, 3.63) is 33.8 Å². The molecule has 18 heavy (non-hydrogen) atoms. The number of carboxylic acids is 1. The van der Waals surface area contributed by atoms with E-state index in [0.29, 0.717) is 6.54 Å². The molecule has 1 saturated heterocycles. The fourth-order valence-electron chi connectivity index (χ4n) is 2.56. The second-order valence-electron chi connectivity index (χ2n) is 5.05. The number of likely N-dealkylation sites (tertiary alicyclic amines) is 1. The zero-order chi connectivity index (χ0) is 13.1. The number of carbonyl (C=O) groups is 1. The van der Waals surface area contributed by atoms with Crippen molar-refractivity contribution < 1.29 is 9.90 Å². The van der Waals surface area contributed by atoms with Gasteiger partial charge in [-0.1, -0.05) is 22.0 Å². The van der Waals surface area contributed by atoms with E-state index >= 15 is 0 Å². The van der Waals surface area contributed by atoms with Gasteiger partial charge in [0.2, 0.25) is 0 Å². The summed E-state index contributed by atoms with van der Waals surface area (Å²) >= 11 is 3.50. The fraction of sp³-hybridized carbons (Fsp3) is 0.500. The highest BCUT2D eigenvalue weighted by molar-refractivity contribution is 9.10. The first-order chi connectivity index (χ1) is 8.54. The minimum Gasteiger partial charge on any atom is -0.481 e. The molecule has 1 N–H and O–H groups in total. The molecular weight excluding hydrogens is 294 g/mol. The maximum atomic E-state index is 11.0. The number of rotatable bonds is 3. The van der Waals surface area contributed by atoms with Crippen molar-refractivity contribution in [3.63, 3.8) is 0 Å². The molecule has 0 aromatic heterocycles. The minimum absolute atomic E-state index is 0.202. The van der Waals surface area contributed by atoms with E-state index in [1.165, 1.54) is 11.1 Å². The Kier molecular flexibility index (Phi) is 4.40. The summed E-state index contributed by atoms with van der Waals surface area (Å²) in [5.74, 6) is -0.864. The normalized spacial score (nSPS) is 20.9. The van der Waals surface area contributed by atoms with E-state index in [1.54, 1.807) is 0 Å². The monoisotopic (exact) mass is 311 g/mol. The molecule has 0 saturated carbocycles. The van der Waals surface area contributed by atoms with E-state index in [9.17, 15) is 4.79 Å². The van der Waals surface area contributed by atoms with Gasteiger partial charge in [0, 0.05) is 17.6 Å². The quantitative estimate of drug-likeness (QED) is 0.932. The molecule has 1 heterocycles. The van der Waals surface area contributed by atoms with Gasteiger partial charge >= 0.3 is 5.97 Å². The van der Waals surface area contributed by atoms with E-state index in [2.05, 4.69) is 46.0 Å². The van der Waals surface area contributed by atoms with Crippen molar-refractivity contribution in [2.45, 2.75) is 26.3 Å². The highest BCUT2D eigenvalue weighted by Crippen LogP contribution is 2.21. The number of hydrogen-bond donors (Lipinski definition) is 1. The first-order valence-electron chi connectivity index (χ1n) is 6.26. The molecule has 0 radical (unpaired) electrons. The van der Waals surface area contributed by atoms with Crippen LogP contribution in [0, 0.1) is 12.8 Å². The van der Waals surface area contributed by atoms with Gasteiger partial charge in [-0.05, 0) is 49.6 Å². The van der Waals surface area contributed by atoms with Crippen LogP contribution in [0.3, 0.4) is 0 Å². The third kappa shape index (κ3) is 3.56. The topological polar surface area (TPSA) is 40.5 Å². The molecule has 4 heteroatoms. The number of halogens is 1. The van der Waals surface area contributed by atoms with Crippen LogP contribution in [0.25, 0.3) is 0 Å². The lowest BCUT2D eigenvalue weighted by Crippen LogP contribution is -2.38. The lowest BCUT2D eigenvalue weighted by molar-refractivity contribution is -0.143. The summed E-state index contributed by atoms with van der Waals surface area (Å²) in [4.78, 5) is 13.3. The SMILES string of the molecule is Cc1cc(Br)cc(CN2CCCC(C(=O)O)C2)c1. The number of piperidine rings is 1. The summed E-state index contributed by atoms with van der Waals surface area (Å²) in [7, 11) is 0. The average Bonchev–Trinajstić information content (AvgIpc) is 2.27.